The van der Waals surface area contributed by atoms with Crippen LogP contribution in [0.3, 0.4) is 0 Å². The number of nitrogens with one attached hydrogen (secondary N) is 1. The molecule has 1 aromatic rings. The van der Waals surface area contributed by atoms with Gasteiger partial charge in [0.1, 0.15) is 13.2 Å². The standard InChI is InChI=1S/C12H10Cl3NO4/c1-2-10(17)19-3-4-20-12(18)16-11-8(14)5-7(13)6-9(11)15/h2,5-6H,1,3-4H2,(H,16,18). The van der Waals surface area contributed by atoms with Gasteiger partial charge in [-0.2, -0.15) is 0 Å². The number of anilines is 1. The van der Waals surface area contributed by atoms with Crippen LogP contribution in [-0.4, -0.2) is 25.3 Å². The Hall–Kier alpha value is -1.43. The minimum atomic E-state index is -0.786. The van der Waals surface area contributed by atoms with Crippen molar-refractivity contribution < 1.29 is 19.1 Å². The molecule has 0 radical (unpaired) electrons. The Morgan fingerprint density at radius 2 is 1.70 bits per heavy atom. The predicted molar refractivity (Wildman–Crippen MR) is 77.6 cm³/mol. The number of halogens is 3. The molecular formula is C12H10Cl3NO4. The summed E-state index contributed by atoms with van der Waals surface area (Å²) in [6, 6.07) is 2.85. The summed E-state index contributed by atoms with van der Waals surface area (Å²) in [4.78, 5) is 22.2. The Kier molecular flexibility index (Phi) is 6.64. The maximum atomic E-state index is 11.5. The minimum absolute atomic E-state index is 0.0830. The second kappa shape index (κ2) is 7.99. The average molecular weight is 339 g/mol. The molecule has 1 aromatic carbocycles. The molecule has 0 heterocycles. The van der Waals surface area contributed by atoms with Gasteiger partial charge in [-0.1, -0.05) is 41.4 Å². The third-order valence-electron chi connectivity index (χ3n) is 1.96. The summed E-state index contributed by atoms with van der Waals surface area (Å²) in [6.45, 7) is 3.02. The average Bonchev–Trinajstić information content (AvgIpc) is 2.38. The van der Waals surface area contributed by atoms with Crippen LogP contribution in [0.4, 0.5) is 10.5 Å². The molecule has 0 fully saturated rings. The van der Waals surface area contributed by atoms with Crippen molar-refractivity contribution in [3.8, 4) is 0 Å². The summed E-state index contributed by atoms with van der Waals surface area (Å²) in [6.07, 6.45) is 0.221. The van der Waals surface area contributed by atoms with Crippen LogP contribution in [-0.2, 0) is 14.3 Å². The molecule has 1 N–H and O–H groups in total. The third kappa shape index (κ3) is 5.28. The maximum Gasteiger partial charge on any atom is 0.411 e. The molecule has 5 nitrogen and oxygen atoms in total. The van der Waals surface area contributed by atoms with E-state index in [0.717, 1.165) is 6.08 Å². The zero-order chi connectivity index (χ0) is 15.1. The molecule has 0 aliphatic heterocycles. The van der Waals surface area contributed by atoms with E-state index >= 15 is 0 Å². The van der Waals surface area contributed by atoms with Crippen LogP contribution in [0.5, 0.6) is 0 Å². The molecule has 0 saturated heterocycles. The summed E-state index contributed by atoms with van der Waals surface area (Å²) >= 11 is 17.5. The monoisotopic (exact) mass is 337 g/mol. The van der Waals surface area contributed by atoms with Crippen LogP contribution >= 0.6 is 34.8 Å². The Bertz CT molecular complexity index is 510. The smallest absolute Gasteiger partial charge is 0.411 e. The van der Waals surface area contributed by atoms with Gasteiger partial charge in [0, 0.05) is 11.1 Å². The lowest BCUT2D eigenvalue weighted by molar-refractivity contribution is -0.138. The number of amides is 1. The number of carbonyl (C=O) groups is 2. The highest BCUT2D eigenvalue weighted by atomic mass is 35.5. The van der Waals surface area contributed by atoms with Crippen molar-refractivity contribution in [3.05, 3.63) is 39.9 Å². The first-order chi connectivity index (χ1) is 9.43. The highest BCUT2D eigenvalue weighted by Gasteiger charge is 2.12. The van der Waals surface area contributed by atoms with E-state index in [0.29, 0.717) is 5.02 Å². The second-order valence-corrected chi connectivity index (χ2v) is 4.63. The molecule has 1 amide bonds. The number of rotatable bonds is 5. The molecular weight excluding hydrogens is 328 g/mol. The number of hydrogen-bond acceptors (Lipinski definition) is 4. The van der Waals surface area contributed by atoms with Gasteiger partial charge in [-0.3, -0.25) is 5.32 Å². The van der Waals surface area contributed by atoms with E-state index < -0.39 is 12.1 Å². The molecule has 1 rings (SSSR count). The zero-order valence-electron chi connectivity index (χ0n) is 10.1. The van der Waals surface area contributed by atoms with Gasteiger partial charge in [0.05, 0.1) is 15.7 Å². The first kappa shape index (κ1) is 16.6. The van der Waals surface area contributed by atoms with Crippen molar-refractivity contribution in [1.29, 1.82) is 0 Å². The van der Waals surface area contributed by atoms with E-state index in [2.05, 4.69) is 16.6 Å². The SMILES string of the molecule is C=CC(=O)OCCOC(=O)Nc1c(Cl)cc(Cl)cc1Cl. The number of benzene rings is 1. The zero-order valence-corrected chi connectivity index (χ0v) is 12.4. The van der Waals surface area contributed by atoms with E-state index in [4.69, 9.17) is 39.5 Å². The van der Waals surface area contributed by atoms with Crippen molar-refractivity contribution in [3.63, 3.8) is 0 Å². The fourth-order valence-electron chi connectivity index (χ4n) is 1.14. The van der Waals surface area contributed by atoms with Crippen LogP contribution in [0.1, 0.15) is 0 Å². The summed E-state index contributed by atoms with van der Waals surface area (Å²) in [5.41, 5.74) is 0.186. The van der Waals surface area contributed by atoms with Gasteiger partial charge in [0.15, 0.2) is 0 Å². The van der Waals surface area contributed by atoms with Crippen molar-refractivity contribution in [1.82, 2.24) is 0 Å². The van der Waals surface area contributed by atoms with Gasteiger partial charge in [-0.05, 0) is 12.1 Å². The van der Waals surface area contributed by atoms with Gasteiger partial charge in [-0.15, -0.1) is 0 Å². The van der Waals surface area contributed by atoms with Crippen LogP contribution in [0.25, 0.3) is 0 Å². The Morgan fingerprint density at radius 1 is 1.15 bits per heavy atom. The lowest BCUT2D eigenvalue weighted by atomic mass is 10.3. The first-order valence-corrected chi connectivity index (χ1v) is 6.45. The molecule has 0 aliphatic rings. The molecule has 0 saturated carbocycles. The number of carbonyl (C=O) groups excluding carboxylic acids is 2. The van der Waals surface area contributed by atoms with Crippen molar-refractivity contribution in [2.75, 3.05) is 18.5 Å². The molecule has 0 aliphatic carbocycles. The molecule has 0 aromatic heterocycles. The summed E-state index contributed by atoms with van der Waals surface area (Å²) in [5, 5.41) is 3.06. The van der Waals surface area contributed by atoms with Crippen LogP contribution in [0, 0.1) is 0 Å². The quantitative estimate of drug-likeness (QED) is 0.502. The lowest BCUT2D eigenvalue weighted by Crippen LogP contribution is -2.18. The van der Waals surface area contributed by atoms with Gasteiger partial charge in [0.2, 0.25) is 0 Å². The summed E-state index contributed by atoms with van der Waals surface area (Å²) in [5.74, 6) is -0.599. The molecule has 108 valence electrons. The molecule has 0 atom stereocenters. The molecule has 20 heavy (non-hydrogen) atoms. The van der Waals surface area contributed by atoms with Gasteiger partial charge < -0.3 is 9.47 Å². The minimum Gasteiger partial charge on any atom is -0.459 e. The third-order valence-corrected chi connectivity index (χ3v) is 2.78. The van der Waals surface area contributed by atoms with Crippen molar-refractivity contribution in [2.45, 2.75) is 0 Å². The number of ether oxygens (including phenoxy) is 2. The van der Waals surface area contributed by atoms with Gasteiger partial charge in [0.25, 0.3) is 0 Å². The van der Waals surface area contributed by atoms with Crippen LogP contribution in [0.15, 0.2) is 24.8 Å². The lowest BCUT2D eigenvalue weighted by Gasteiger charge is -2.10. The van der Waals surface area contributed by atoms with E-state index in [1.54, 1.807) is 0 Å². The van der Waals surface area contributed by atoms with E-state index in [9.17, 15) is 9.59 Å². The Morgan fingerprint density at radius 3 is 2.25 bits per heavy atom. The Labute approximate surface area is 130 Å². The normalized spacial score (nSPS) is 9.75. The number of hydrogen-bond donors (Lipinski definition) is 1. The fraction of sp³-hybridized carbons (Fsp3) is 0.167. The van der Waals surface area contributed by atoms with Crippen LogP contribution < -0.4 is 5.32 Å². The Balaban J connectivity index is 2.47. The molecule has 0 spiro atoms. The highest BCUT2D eigenvalue weighted by molar-refractivity contribution is 6.42. The second-order valence-electron chi connectivity index (χ2n) is 3.38. The van der Waals surface area contributed by atoms with Gasteiger partial charge >= 0.3 is 12.1 Å². The van der Waals surface area contributed by atoms with Gasteiger partial charge in [-0.25, -0.2) is 9.59 Å². The maximum absolute atomic E-state index is 11.5. The topological polar surface area (TPSA) is 64.6 Å². The molecule has 0 bridgehead atoms. The fourth-order valence-corrected chi connectivity index (χ4v) is 2.05. The highest BCUT2D eigenvalue weighted by Crippen LogP contribution is 2.33. The molecule has 8 heteroatoms. The van der Waals surface area contributed by atoms with E-state index in [1.165, 1.54) is 12.1 Å². The summed E-state index contributed by atoms with van der Waals surface area (Å²) in [7, 11) is 0. The van der Waals surface area contributed by atoms with E-state index in [-0.39, 0.29) is 28.9 Å². The van der Waals surface area contributed by atoms with E-state index in [1.807, 2.05) is 0 Å². The van der Waals surface area contributed by atoms with Crippen molar-refractivity contribution in [2.24, 2.45) is 0 Å². The first-order valence-electron chi connectivity index (χ1n) is 5.31. The molecule has 0 unspecified atom stereocenters. The van der Waals surface area contributed by atoms with Crippen molar-refractivity contribution >= 4 is 52.6 Å². The van der Waals surface area contributed by atoms with Crippen LogP contribution in [0.2, 0.25) is 15.1 Å². The summed E-state index contributed by atoms with van der Waals surface area (Å²) < 4.78 is 9.39. The predicted octanol–water partition coefficient (Wildman–Crippen LogP) is 3.92. The number of esters is 1. The largest absolute Gasteiger partial charge is 0.459 e.